The second-order valence-corrected chi connectivity index (χ2v) is 7.52. The lowest BCUT2D eigenvalue weighted by Gasteiger charge is -2.31. The Morgan fingerprint density at radius 2 is 1.82 bits per heavy atom. The third kappa shape index (κ3) is 5.90. The standard InChI is InChI=1S/C11H22N2O2S2/c1-7(14)9(12)6-16-17-11(3,4)10(13-5)8(2)15/h9-10,13H,6,12H2,1-5H3/t9-,10+/m0/s1. The molecule has 6 heteroatoms. The van der Waals surface area contributed by atoms with Crippen LogP contribution >= 0.6 is 21.6 Å². The summed E-state index contributed by atoms with van der Waals surface area (Å²) >= 11 is 0. The SMILES string of the molecule is CN[C@H](C(C)=O)C(C)(C)SSC[C@H](N)C(C)=O. The van der Waals surface area contributed by atoms with E-state index >= 15 is 0 Å². The summed E-state index contributed by atoms with van der Waals surface area (Å²) in [5.74, 6) is 0.673. The monoisotopic (exact) mass is 278 g/mol. The van der Waals surface area contributed by atoms with Gasteiger partial charge in [0.2, 0.25) is 0 Å². The van der Waals surface area contributed by atoms with Crippen LogP contribution < -0.4 is 11.1 Å². The number of ketones is 2. The Labute approximate surface area is 111 Å². The van der Waals surface area contributed by atoms with E-state index in [-0.39, 0.29) is 22.4 Å². The smallest absolute Gasteiger partial charge is 0.148 e. The summed E-state index contributed by atoms with van der Waals surface area (Å²) in [6.45, 7) is 7.08. The van der Waals surface area contributed by atoms with Gasteiger partial charge in [0, 0.05) is 10.5 Å². The second kappa shape index (κ2) is 7.41. The third-order valence-corrected chi connectivity index (χ3v) is 5.76. The summed E-state index contributed by atoms with van der Waals surface area (Å²) < 4.78 is -0.234. The highest BCUT2D eigenvalue weighted by atomic mass is 33.1. The number of nitrogens with two attached hydrogens (primary N) is 1. The number of hydrogen-bond donors (Lipinski definition) is 2. The maximum Gasteiger partial charge on any atom is 0.148 e. The van der Waals surface area contributed by atoms with E-state index in [2.05, 4.69) is 5.32 Å². The van der Waals surface area contributed by atoms with Crippen LogP contribution in [0.3, 0.4) is 0 Å². The lowest BCUT2D eigenvalue weighted by atomic mass is 10.0. The number of hydrogen-bond acceptors (Lipinski definition) is 6. The van der Waals surface area contributed by atoms with Crippen molar-refractivity contribution in [2.45, 2.75) is 44.5 Å². The highest BCUT2D eigenvalue weighted by Gasteiger charge is 2.32. The van der Waals surface area contributed by atoms with Crippen LogP contribution in [0.1, 0.15) is 27.7 Å². The van der Waals surface area contributed by atoms with Gasteiger partial charge in [-0.2, -0.15) is 0 Å². The Kier molecular flexibility index (Phi) is 7.39. The molecule has 0 saturated heterocycles. The van der Waals surface area contributed by atoms with Crippen LogP contribution in [0.15, 0.2) is 0 Å². The Morgan fingerprint density at radius 1 is 1.29 bits per heavy atom. The predicted molar refractivity (Wildman–Crippen MR) is 76.3 cm³/mol. The molecule has 0 aromatic carbocycles. The Hall–Kier alpha value is -0.0400. The number of likely N-dealkylation sites (N-methyl/N-ethyl adjacent to an activating group) is 1. The van der Waals surface area contributed by atoms with Gasteiger partial charge in [0.1, 0.15) is 11.6 Å². The van der Waals surface area contributed by atoms with E-state index in [0.717, 1.165) is 0 Å². The predicted octanol–water partition coefficient (Wildman–Crippen LogP) is 1.24. The van der Waals surface area contributed by atoms with Crippen molar-refractivity contribution in [3.63, 3.8) is 0 Å². The fourth-order valence-corrected chi connectivity index (χ4v) is 4.44. The highest BCUT2D eigenvalue weighted by molar-refractivity contribution is 8.77. The fraction of sp³-hybridized carbons (Fsp3) is 0.818. The topological polar surface area (TPSA) is 72.2 Å². The van der Waals surface area contributed by atoms with Crippen molar-refractivity contribution in [2.75, 3.05) is 12.8 Å². The quantitative estimate of drug-likeness (QED) is 0.651. The van der Waals surface area contributed by atoms with Crippen LogP contribution in [-0.4, -0.2) is 41.2 Å². The summed E-state index contributed by atoms with van der Waals surface area (Å²) in [5.41, 5.74) is 5.65. The molecule has 0 aromatic heterocycles. The second-order valence-electron chi connectivity index (χ2n) is 4.52. The van der Waals surface area contributed by atoms with Gasteiger partial charge in [-0.15, -0.1) is 0 Å². The normalized spacial score (nSPS) is 15.4. The molecule has 17 heavy (non-hydrogen) atoms. The molecule has 2 atom stereocenters. The third-order valence-electron chi connectivity index (χ3n) is 2.43. The number of carbonyl (C=O) groups is 2. The summed E-state index contributed by atoms with van der Waals surface area (Å²) in [7, 11) is 4.90. The minimum absolute atomic E-state index is 0.00681. The minimum Gasteiger partial charge on any atom is -0.321 e. The first-order valence-corrected chi connectivity index (χ1v) is 7.78. The van der Waals surface area contributed by atoms with Crippen molar-refractivity contribution >= 4 is 33.2 Å². The van der Waals surface area contributed by atoms with Gasteiger partial charge in [-0.25, -0.2) is 0 Å². The first kappa shape index (κ1) is 17.0. The Bertz CT molecular complexity index is 283. The van der Waals surface area contributed by atoms with Crippen molar-refractivity contribution in [1.82, 2.24) is 5.32 Å². The molecular formula is C11H22N2O2S2. The molecule has 0 aliphatic heterocycles. The minimum atomic E-state index is -0.423. The van der Waals surface area contributed by atoms with Gasteiger partial charge in [-0.1, -0.05) is 21.6 Å². The molecule has 0 bridgehead atoms. The maximum atomic E-state index is 11.5. The van der Waals surface area contributed by atoms with Crippen molar-refractivity contribution in [2.24, 2.45) is 5.73 Å². The number of nitrogens with one attached hydrogen (secondary N) is 1. The van der Waals surface area contributed by atoms with Crippen LogP contribution in [0.5, 0.6) is 0 Å². The van der Waals surface area contributed by atoms with Gasteiger partial charge in [0.05, 0.1) is 12.1 Å². The van der Waals surface area contributed by atoms with Crippen LogP contribution in [-0.2, 0) is 9.59 Å². The van der Waals surface area contributed by atoms with Crippen LogP contribution in [0.4, 0.5) is 0 Å². The summed E-state index contributed by atoms with van der Waals surface area (Å²) in [4.78, 5) is 22.4. The zero-order valence-electron chi connectivity index (χ0n) is 11.1. The Balaban J connectivity index is 4.26. The first-order valence-electron chi connectivity index (χ1n) is 5.46. The molecule has 0 aliphatic carbocycles. The zero-order valence-corrected chi connectivity index (χ0v) is 12.7. The van der Waals surface area contributed by atoms with E-state index in [4.69, 9.17) is 5.73 Å². The first-order chi connectivity index (χ1) is 7.72. The zero-order chi connectivity index (χ0) is 13.6. The van der Waals surface area contributed by atoms with E-state index in [9.17, 15) is 9.59 Å². The molecule has 100 valence electrons. The van der Waals surface area contributed by atoms with E-state index in [1.165, 1.54) is 17.7 Å². The lowest BCUT2D eigenvalue weighted by molar-refractivity contribution is -0.119. The van der Waals surface area contributed by atoms with Gasteiger partial charge in [-0.05, 0) is 34.7 Å². The van der Waals surface area contributed by atoms with E-state index in [1.807, 2.05) is 13.8 Å². The van der Waals surface area contributed by atoms with Crippen LogP contribution in [0, 0.1) is 0 Å². The molecule has 0 amide bonds. The molecule has 3 N–H and O–H groups in total. The van der Waals surface area contributed by atoms with Crippen molar-refractivity contribution in [1.29, 1.82) is 0 Å². The Morgan fingerprint density at radius 3 is 2.18 bits per heavy atom. The van der Waals surface area contributed by atoms with Crippen LogP contribution in [0.25, 0.3) is 0 Å². The van der Waals surface area contributed by atoms with Crippen molar-refractivity contribution in [3.8, 4) is 0 Å². The molecule has 4 nitrogen and oxygen atoms in total. The number of rotatable bonds is 8. The summed E-state index contributed by atoms with van der Waals surface area (Å²) in [6.07, 6.45) is 0. The number of Topliss-reactive ketones (excluding diaryl/α,β-unsaturated/α-hetero) is 2. The van der Waals surface area contributed by atoms with E-state index in [0.29, 0.717) is 5.75 Å². The highest BCUT2D eigenvalue weighted by Crippen LogP contribution is 2.38. The van der Waals surface area contributed by atoms with Gasteiger partial charge in [0.15, 0.2) is 0 Å². The fourth-order valence-electron chi connectivity index (χ4n) is 1.47. The summed E-state index contributed by atoms with van der Waals surface area (Å²) in [6, 6.07) is -0.623. The molecule has 0 radical (unpaired) electrons. The lowest BCUT2D eigenvalue weighted by Crippen LogP contribution is -2.47. The van der Waals surface area contributed by atoms with E-state index < -0.39 is 6.04 Å². The molecule has 0 fully saturated rings. The molecule has 0 aromatic rings. The molecule has 0 rings (SSSR count). The summed E-state index contributed by atoms with van der Waals surface area (Å²) in [5, 5.41) is 3.02. The van der Waals surface area contributed by atoms with Crippen molar-refractivity contribution in [3.05, 3.63) is 0 Å². The van der Waals surface area contributed by atoms with Crippen molar-refractivity contribution < 1.29 is 9.59 Å². The average Bonchev–Trinajstić information content (AvgIpc) is 2.16. The van der Waals surface area contributed by atoms with Gasteiger partial charge in [0.25, 0.3) is 0 Å². The molecule has 0 aliphatic rings. The maximum absolute atomic E-state index is 11.5. The largest absolute Gasteiger partial charge is 0.321 e. The van der Waals surface area contributed by atoms with Gasteiger partial charge in [-0.3, -0.25) is 9.59 Å². The van der Waals surface area contributed by atoms with Crippen LogP contribution in [0.2, 0.25) is 0 Å². The van der Waals surface area contributed by atoms with Gasteiger partial charge >= 0.3 is 0 Å². The number of carbonyl (C=O) groups excluding carboxylic acids is 2. The molecular weight excluding hydrogens is 256 g/mol. The molecule has 0 heterocycles. The molecule has 0 saturated carbocycles. The molecule has 0 unspecified atom stereocenters. The molecule has 0 spiro atoms. The average molecular weight is 278 g/mol. The van der Waals surface area contributed by atoms with E-state index in [1.54, 1.807) is 24.8 Å². The van der Waals surface area contributed by atoms with Gasteiger partial charge < -0.3 is 11.1 Å².